The molecule has 0 fully saturated rings. The van der Waals surface area contributed by atoms with Crippen molar-refractivity contribution in [1.82, 2.24) is 10.1 Å². The summed E-state index contributed by atoms with van der Waals surface area (Å²) in [7, 11) is 0. The Morgan fingerprint density at radius 3 is 1.18 bits per heavy atom. The standard InChI is InChI=1S/C8H20N2O/c1-5-9(6-2)11-10(7-3)8-4/h5-8H2,1-4H3. The molecule has 0 aromatic rings. The summed E-state index contributed by atoms with van der Waals surface area (Å²) in [6.07, 6.45) is 0. The number of hydrogen-bond acceptors (Lipinski definition) is 3. The van der Waals surface area contributed by atoms with Crippen LogP contribution in [0.1, 0.15) is 27.7 Å². The van der Waals surface area contributed by atoms with Crippen LogP contribution in [0.4, 0.5) is 0 Å². The molecule has 0 aliphatic carbocycles. The van der Waals surface area contributed by atoms with Crippen LogP contribution in [0.25, 0.3) is 0 Å². The lowest BCUT2D eigenvalue weighted by molar-refractivity contribution is -0.319. The van der Waals surface area contributed by atoms with E-state index in [9.17, 15) is 0 Å². The molecule has 0 bridgehead atoms. The third kappa shape index (κ3) is 4.35. The molecule has 0 aromatic heterocycles. The van der Waals surface area contributed by atoms with Gasteiger partial charge < -0.3 is 0 Å². The quantitative estimate of drug-likeness (QED) is 0.548. The minimum Gasteiger partial charge on any atom is -0.208 e. The first-order valence-corrected chi connectivity index (χ1v) is 4.46. The maximum absolute atomic E-state index is 5.51. The summed E-state index contributed by atoms with van der Waals surface area (Å²) in [5, 5.41) is 3.88. The van der Waals surface area contributed by atoms with Crippen molar-refractivity contribution >= 4 is 0 Å². The molecule has 11 heavy (non-hydrogen) atoms. The number of hydrogen-bond donors (Lipinski definition) is 0. The van der Waals surface area contributed by atoms with Crippen molar-refractivity contribution in [2.24, 2.45) is 0 Å². The highest BCUT2D eigenvalue weighted by atomic mass is 16.8. The maximum atomic E-state index is 5.51. The third-order valence-electron chi connectivity index (χ3n) is 1.64. The van der Waals surface area contributed by atoms with Crippen LogP contribution in [0.2, 0.25) is 0 Å². The van der Waals surface area contributed by atoms with Gasteiger partial charge in [-0.3, -0.25) is 0 Å². The summed E-state index contributed by atoms with van der Waals surface area (Å²) < 4.78 is 0. The van der Waals surface area contributed by atoms with Crippen LogP contribution in [0.3, 0.4) is 0 Å². The molecule has 0 aliphatic heterocycles. The van der Waals surface area contributed by atoms with Crippen molar-refractivity contribution in [2.75, 3.05) is 26.2 Å². The van der Waals surface area contributed by atoms with Crippen LogP contribution in [0, 0.1) is 0 Å². The van der Waals surface area contributed by atoms with E-state index in [1.807, 2.05) is 10.1 Å². The molecule has 3 nitrogen and oxygen atoms in total. The first-order chi connectivity index (χ1) is 5.28. The second kappa shape index (κ2) is 6.58. The molecule has 0 aromatic carbocycles. The van der Waals surface area contributed by atoms with Crippen LogP contribution in [0.15, 0.2) is 0 Å². The van der Waals surface area contributed by atoms with Crippen molar-refractivity contribution in [3.8, 4) is 0 Å². The molecule has 0 amide bonds. The first-order valence-electron chi connectivity index (χ1n) is 4.46. The Bertz CT molecular complexity index is 70.2. The van der Waals surface area contributed by atoms with Crippen LogP contribution in [-0.4, -0.2) is 36.3 Å². The van der Waals surface area contributed by atoms with E-state index in [4.69, 9.17) is 4.94 Å². The van der Waals surface area contributed by atoms with E-state index in [0.29, 0.717) is 0 Å². The Kier molecular flexibility index (Phi) is 6.51. The molecule has 0 heterocycles. The molecule has 0 unspecified atom stereocenters. The van der Waals surface area contributed by atoms with Gasteiger partial charge in [-0.25, -0.2) is 4.94 Å². The van der Waals surface area contributed by atoms with E-state index in [0.717, 1.165) is 26.2 Å². The van der Waals surface area contributed by atoms with Crippen molar-refractivity contribution in [1.29, 1.82) is 0 Å². The van der Waals surface area contributed by atoms with Crippen LogP contribution < -0.4 is 0 Å². The lowest BCUT2D eigenvalue weighted by Crippen LogP contribution is -2.34. The monoisotopic (exact) mass is 160 g/mol. The fourth-order valence-corrected chi connectivity index (χ4v) is 0.841. The molecule has 68 valence electrons. The topological polar surface area (TPSA) is 15.7 Å². The smallest absolute Gasteiger partial charge is 0.0231 e. The van der Waals surface area contributed by atoms with Gasteiger partial charge in [0.1, 0.15) is 0 Å². The predicted octanol–water partition coefficient (Wildman–Crippen LogP) is 1.52. The van der Waals surface area contributed by atoms with Crippen LogP contribution in [-0.2, 0) is 4.94 Å². The second-order valence-electron chi connectivity index (χ2n) is 2.31. The normalized spacial score (nSPS) is 11.5. The Morgan fingerprint density at radius 2 is 1.00 bits per heavy atom. The second-order valence-corrected chi connectivity index (χ2v) is 2.31. The molecule has 0 spiro atoms. The van der Waals surface area contributed by atoms with Gasteiger partial charge in [-0.05, 0) is 0 Å². The summed E-state index contributed by atoms with van der Waals surface area (Å²) >= 11 is 0. The van der Waals surface area contributed by atoms with Crippen molar-refractivity contribution in [3.63, 3.8) is 0 Å². The van der Waals surface area contributed by atoms with E-state index < -0.39 is 0 Å². The largest absolute Gasteiger partial charge is 0.208 e. The summed E-state index contributed by atoms with van der Waals surface area (Å²) in [6, 6.07) is 0. The maximum Gasteiger partial charge on any atom is 0.0231 e. The summed E-state index contributed by atoms with van der Waals surface area (Å²) in [5.74, 6) is 0. The van der Waals surface area contributed by atoms with Gasteiger partial charge in [0.15, 0.2) is 0 Å². The van der Waals surface area contributed by atoms with Gasteiger partial charge >= 0.3 is 0 Å². The molecule has 0 saturated carbocycles. The number of hydroxylamine groups is 4. The number of nitrogens with zero attached hydrogens (tertiary/aromatic N) is 2. The van der Waals surface area contributed by atoms with Crippen LogP contribution >= 0.6 is 0 Å². The fourth-order valence-electron chi connectivity index (χ4n) is 0.841. The van der Waals surface area contributed by atoms with E-state index in [1.165, 1.54) is 0 Å². The Morgan fingerprint density at radius 1 is 0.727 bits per heavy atom. The van der Waals surface area contributed by atoms with Crippen LogP contribution in [0.5, 0.6) is 0 Å². The van der Waals surface area contributed by atoms with Gasteiger partial charge in [-0.15, -0.1) is 0 Å². The first kappa shape index (κ1) is 10.9. The minimum absolute atomic E-state index is 0.938. The molecule has 0 radical (unpaired) electrons. The number of rotatable bonds is 6. The zero-order chi connectivity index (χ0) is 8.69. The fraction of sp³-hybridized carbons (Fsp3) is 1.00. The van der Waals surface area contributed by atoms with E-state index >= 15 is 0 Å². The predicted molar refractivity (Wildman–Crippen MR) is 46.9 cm³/mol. The molecule has 0 N–H and O–H groups in total. The zero-order valence-electron chi connectivity index (χ0n) is 8.13. The average molecular weight is 160 g/mol. The van der Waals surface area contributed by atoms with E-state index in [1.54, 1.807) is 0 Å². The van der Waals surface area contributed by atoms with E-state index in [2.05, 4.69) is 27.7 Å². The SMILES string of the molecule is CCN(CC)ON(CC)CC. The van der Waals surface area contributed by atoms with Gasteiger partial charge in [0.05, 0.1) is 0 Å². The van der Waals surface area contributed by atoms with Crippen molar-refractivity contribution in [3.05, 3.63) is 0 Å². The molecule has 3 heteroatoms. The Labute approximate surface area is 69.8 Å². The van der Waals surface area contributed by atoms with Gasteiger partial charge in [0.2, 0.25) is 0 Å². The van der Waals surface area contributed by atoms with E-state index in [-0.39, 0.29) is 0 Å². The average Bonchev–Trinajstić information content (AvgIpc) is 2.07. The van der Waals surface area contributed by atoms with Crippen molar-refractivity contribution in [2.45, 2.75) is 27.7 Å². The Balaban J connectivity index is 3.58. The Hall–Kier alpha value is -0.120. The van der Waals surface area contributed by atoms with Gasteiger partial charge in [0, 0.05) is 26.2 Å². The molecule has 0 aliphatic rings. The summed E-state index contributed by atoms with van der Waals surface area (Å²) in [4.78, 5) is 5.51. The van der Waals surface area contributed by atoms with Gasteiger partial charge in [-0.1, -0.05) is 27.7 Å². The highest BCUT2D eigenvalue weighted by molar-refractivity contribution is 4.36. The lowest BCUT2D eigenvalue weighted by atomic mass is 10.6. The lowest BCUT2D eigenvalue weighted by Gasteiger charge is -2.25. The molecule has 0 saturated heterocycles. The zero-order valence-corrected chi connectivity index (χ0v) is 8.13. The summed E-state index contributed by atoms with van der Waals surface area (Å²) in [6.45, 7) is 12.1. The van der Waals surface area contributed by atoms with Crippen molar-refractivity contribution < 1.29 is 4.94 Å². The summed E-state index contributed by atoms with van der Waals surface area (Å²) in [5.41, 5.74) is 0. The molecular formula is C8H20N2O. The molecule has 0 rings (SSSR count). The third-order valence-corrected chi connectivity index (χ3v) is 1.64. The molecule has 0 atom stereocenters. The van der Waals surface area contributed by atoms with Gasteiger partial charge in [0.25, 0.3) is 0 Å². The van der Waals surface area contributed by atoms with Gasteiger partial charge in [-0.2, -0.15) is 10.1 Å². The molecular weight excluding hydrogens is 140 g/mol. The minimum atomic E-state index is 0.938. The highest BCUT2D eigenvalue weighted by Gasteiger charge is 2.04. The highest BCUT2D eigenvalue weighted by Crippen LogP contribution is 1.95.